The number of rotatable bonds is 0. The molecule has 0 saturated carbocycles. The normalized spacial score (nSPS) is 9.85. The molecule has 5 N–H and O–H groups in total. The molecule has 0 aliphatic heterocycles. The molecule has 0 unspecified atom stereocenters. The van der Waals surface area contributed by atoms with Gasteiger partial charge < -0.3 is 26.4 Å². The molecule has 0 amide bonds. The van der Waals surface area contributed by atoms with Crippen LogP contribution in [-0.2, 0) is 0 Å². The summed E-state index contributed by atoms with van der Waals surface area (Å²) >= 11 is 0. The number of aromatic amines is 2. The van der Waals surface area contributed by atoms with Crippen LogP contribution in [0.4, 0.5) is 11.9 Å². The molecule has 0 aromatic carbocycles. The maximum atomic E-state index is 11.1. The van der Waals surface area contributed by atoms with Gasteiger partial charge >= 0.3 is 18.9 Å². The molecule has 0 spiro atoms. The van der Waals surface area contributed by atoms with Crippen molar-refractivity contribution in [1.29, 1.82) is 0 Å². The first-order valence-electron chi connectivity index (χ1n) is 3.14. The zero-order chi connectivity index (χ0) is 8.72. The van der Waals surface area contributed by atoms with E-state index in [0.717, 1.165) is 0 Å². The molecule has 0 atom stereocenters. The predicted octanol–water partition coefficient (Wildman–Crippen LogP) is -3.08. The first kappa shape index (κ1) is 9.63. The van der Waals surface area contributed by atoms with Gasteiger partial charge in [0.1, 0.15) is 11.2 Å². The summed E-state index contributed by atoms with van der Waals surface area (Å²) in [6.07, 6.45) is 0. The van der Waals surface area contributed by atoms with Crippen LogP contribution < -0.4 is 30.2 Å². The van der Waals surface area contributed by atoms with Gasteiger partial charge in [0.2, 0.25) is 5.56 Å². The van der Waals surface area contributed by atoms with E-state index in [2.05, 4.69) is 19.9 Å². The first-order chi connectivity index (χ1) is 5.66. The summed E-state index contributed by atoms with van der Waals surface area (Å²) in [5.41, 5.74) is 12.3. The summed E-state index contributed by atoms with van der Waals surface area (Å²) in [4.78, 5) is 23.2. The van der Waals surface area contributed by atoms with Crippen LogP contribution >= 0.6 is 0 Å². The molecule has 62 valence electrons. The Morgan fingerprint density at radius 1 is 1.31 bits per heavy atom. The van der Waals surface area contributed by atoms with Crippen molar-refractivity contribution in [2.75, 3.05) is 5.73 Å². The van der Waals surface area contributed by atoms with Crippen LogP contribution in [0.5, 0.6) is 0 Å². The van der Waals surface area contributed by atoms with E-state index < -0.39 is 5.56 Å². The van der Waals surface area contributed by atoms with Crippen molar-refractivity contribution in [3.63, 3.8) is 0 Å². The average molecular weight is 172 g/mol. The number of nitrogens with one attached hydrogen (secondary N) is 3. The molecule has 0 aliphatic rings. The van der Waals surface area contributed by atoms with E-state index in [1.54, 1.807) is 0 Å². The fraction of sp³-hybridized carbons (Fsp3) is 0. The van der Waals surface area contributed by atoms with E-state index in [-0.39, 0.29) is 41.9 Å². The second-order valence-electron chi connectivity index (χ2n) is 2.24. The Labute approximate surface area is 84.1 Å². The number of nitrogen functional groups attached to an aromatic ring is 1. The van der Waals surface area contributed by atoms with Crippen LogP contribution in [0.2, 0.25) is 0 Å². The molecule has 0 bridgehead atoms. The maximum absolute atomic E-state index is 11.1. The van der Waals surface area contributed by atoms with Crippen molar-refractivity contribution < 1.29 is 18.9 Å². The summed E-state index contributed by atoms with van der Waals surface area (Å²) in [6, 6.07) is 0. The van der Waals surface area contributed by atoms with Gasteiger partial charge in [0.15, 0.2) is 5.95 Å². The fourth-order valence-corrected chi connectivity index (χ4v) is 0.925. The number of H-pyrrole nitrogens is 2. The van der Waals surface area contributed by atoms with E-state index in [1.165, 1.54) is 0 Å². The molecule has 0 fully saturated rings. The number of anilines is 1. The Hall–Kier alpha value is -1.45. The monoisotopic (exact) mass is 172 g/mol. The summed E-state index contributed by atoms with van der Waals surface area (Å²) in [7, 11) is 0. The molecule has 2 aromatic rings. The third-order valence-corrected chi connectivity index (χ3v) is 1.38. The fourth-order valence-electron chi connectivity index (χ4n) is 0.925. The SMILES string of the molecule is [Li+].[NH-]c1nc2nc(N)[nH]c2c(=O)[nH]1. The third kappa shape index (κ3) is 1.52. The van der Waals surface area contributed by atoms with Crippen molar-refractivity contribution in [1.82, 2.24) is 19.9 Å². The van der Waals surface area contributed by atoms with E-state index in [1.807, 2.05) is 0 Å². The van der Waals surface area contributed by atoms with E-state index in [4.69, 9.17) is 11.5 Å². The molecule has 13 heavy (non-hydrogen) atoms. The van der Waals surface area contributed by atoms with Gasteiger partial charge in [0.25, 0.3) is 0 Å². The number of nitrogens with two attached hydrogens (primary N) is 1. The number of hydrogen-bond donors (Lipinski definition) is 3. The quantitative estimate of drug-likeness (QED) is 0.364. The van der Waals surface area contributed by atoms with Gasteiger partial charge in [-0.05, 0) is 0 Å². The van der Waals surface area contributed by atoms with Gasteiger partial charge in [0.05, 0.1) is 0 Å². The standard InChI is InChI=1S/C5H6N6O.Li/c6-4-8-1-2(9-4)10-5(7)11-3(1)12;/h(H6,6,7,8,9,10,11,12);/q;+1/p-1. The number of hydrogen-bond acceptors (Lipinski definition) is 4. The molecule has 0 radical (unpaired) electrons. The zero-order valence-corrected chi connectivity index (χ0v) is 6.88. The number of imidazole rings is 1. The van der Waals surface area contributed by atoms with Crippen molar-refractivity contribution in [2.24, 2.45) is 0 Å². The summed E-state index contributed by atoms with van der Waals surface area (Å²) in [5, 5.41) is 0. The van der Waals surface area contributed by atoms with Crippen molar-refractivity contribution in [3.05, 3.63) is 16.1 Å². The average Bonchev–Trinajstić information content (AvgIpc) is 2.29. The van der Waals surface area contributed by atoms with Crippen LogP contribution in [0, 0.1) is 0 Å². The van der Waals surface area contributed by atoms with Crippen LogP contribution in [-0.4, -0.2) is 19.9 Å². The van der Waals surface area contributed by atoms with Gasteiger partial charge in [-0.1, -0.05) is 0 Å². The van der Waals surface area contributed by atoms with Gasteiger partial charge in [-0.25, -0.2) is 4.98 Å². The van der Waals surface area contributed by atoms with E-state index in [9.17, 15) is 4.79 Å². The molecular formula is C5H5LiN6O. The smallest absolute Gasteiger partial charge is 0.411 e. The molecule has 2 heterocycles. The minimum atomic E-state index is -0.436. The van der Waals surface area contributed by atoms with Gasteiger partial charge in [-0.3, -0.25) is 4.79 Å². The van der Waals surface area contributed by atoms with Crippen molar-refractivity contribution in [2.45, 2.75) is 0 Å². The van der Waals surface area contributed by atoms with Crippen LogP contribution in [0.15, 0.2) is 4.79 Å². The van der Waals surface area contributed by atoms with Crippen LogP contribution in [0.1, 0.15) is 0 Å². The largest absolute Gasteiger partial charge is 1.00 e. The summed E-state index contributed by atoms with van der Waals surface area (Å²) in [6.45, 7) is 0. The Balaban J connectivity index is 0.000000845. The second-order valence-corrected chi connectivity index (χ2v) is 2.24. The Bertz CT molecular complexity index is 487. The molecule has 2 aromatic heterocycles. The maximum Gasteiger partial charge on any atom is 1.00 e. The van der Waals surface area contributed by atoms with Crippen LogP contribution in [0.25, 0.3) is 16.9 Å². The zero-order valence-electron chi connectivity index (χ0n) is 6.88. The molecule has 0 aliphatic carbocycles. The predicted molar refractivity (Wildman–Crippen MR) is 42.9 cm³/mol. The number of nitrogens with zero attached hydrogens (tertiary/aromatic N) is 2. The Morgan fingerprint density at radius 2 is 2.00 bits per heavy atom. The molecule has 8 heteroatoms. The minimum absolute atomic E-state index is 0. The van der Waals surface area contributed by atoms with E-state index >= 15 is 0 Å². The second kappa shape index (κ2) is 3.12. The minimum Gasteiger partial charge on any atom is -0.411 e. The summed E-state index contributed by atoms with van der Waals surface area (Å²) in [5.74, 6) is -0.104. The van der Waals surface area contributed by atoms with Gasteiger partial charge in [-0.2, -0.15) is 0 Å². The first-order valence-corrected chi connectivity index (χ1v) is 3.14. The molecular weight excluding hydrogens is 167 g/mol. The summed E-state index contributed by atoms with van der Waals surface area (Å²) < 4.78 is 0. The number of fused-ring (bicyclic) bond motifs is 1. The van der Waals surface area contributed by atoms with Gasteiger partial charge in [-0.15, -0.1) is 0 Å². The Morgan fingerprint density at radius 3 is 2.69 bits per heavy atom. The van der Waals surface area contributed by atoms with E-state index in [0.29, 0.717) is 0 Å². The van der Waals surface area contributed by atoms with Gasteiger partial charge in [0, 0.05) is 5.95 Å². The third-order valence-electron chi connectivity index (χ3n) is 1.38. The van der Waals surface area contributed by atoms with Crippen molar-refractivity contribution >= 4 is 23.1 Å². The number of aromatic nitrogens is 4. The Kier molecular flexibility index (Phi) is 2.31. The molecule has 2 rings (SSSR count). The topological polar surface area (TPSA) is 124 Å². The molecule has 7 nitrogen and oxygen atoms in total. The van der Waals surface area contributed by atoms with Crippen LogP contribution in [0.3, 0.4) is 0 Å². The molecule has 0 saturated heterocycles. The van der Waals surface area contributed by atoms with Crippen molar-refractivity contribution in [3.8, 4) is 0 Å².